The number of hydrogen-bond donors (Lipinski definition) is 1. The van der Waals surface area contributed by atoms with Crippen molar-refractivity contribution in [2.24, 2.45) is 0 Å². The highest BCUT2D eigenvalue weighted by Crippen LogP contribution is 2.21. The van der Waals surface area contributed by atoms with Crippen LogP contribution in [0, 0.1) is 0 Å². The Morgan fingerprint density at radius 2 is 1.82 bits per heavy atom. The van der Waals surface area contributed by atoms with E-state index in [0.717, 1.165) is 28.7 Å². The molecule has 0 amide bonds. The van der Waals surface area contributed by atoms with Crippen LogP contribution < -0.4 is 14.9 Å². The zero-order valence-electron chi connectivity index (χ0n) is 11.6. The Labute approximate surface area is 135 Å². The number of rotatable bonds is 4. The fourth-order valence-corrected chi connectivity index (χ4v) is 2.64. The summed E-state index contributed by atoms with van der Waals surface area (Å²) >= 11 is 6.76. The van der Waals surface area contributed by atoms with Gasteiger partial charge in [0.2, 0.25) is 5.95 Å². The van der Waals surface area contributed by atoms with Crippen molar-refractivity contribution < 1.29 is 4.74 Å². The highest BCUT2D eigenvalue weighted by molar-refractivity contribution is 7.03. The second kappa shape index (κ2) is 6.21. The molecule has 0 radical (unpaired) electrons. The van der Waals surface area contributed by atoms with E-state index in [9.17, 15) is 4.79 Å². The molecule has 0 fully saturated rings. The second-order valence-corrected chi connectivity index (χ2v) is 5.59. The Hall–Kier alpha value is -2.31. The van der Waals surface area contributed by atoms with Crippen molar-refractivity contribution in [3.8, 4) is 11.4 Å². The van der Waals surface area contributed by atoms with Crippen LogP contribution in [0.15, 0.2) is 53.3 Å². The molecule has 2 aromatic carbocycles. The number of nitrogens with one attached hydrogen (secondary N) is 1. The van der Waals surface area contributed by atoms with Crippen molar-refractivity contribution in [1.29, 1.82) is 0 Å². The highest BCUT2D eigenvalue weighted by Gasteiger charge is 2.11. The average Bonchev–Trinajstić information content (AvgIpc) is 2.90. The lowest BCUT2D eigenvalue weighted by Crippen LogP contribution is -2.13. The third kappa shape index (κ3) is 2.98. The molecule has 0 aliphatic carbocycles. The SMILES string of the molecule is COc1ccc(-n2c(Nc3ccc(Cl)cc3)nsc2=O)cc1. The van der Waals surface area contributed by atoms with Crippen molar-refractivity contribution in [1.82, 2.24) is 8.94 Å². The topological polar surface area (TPSA) is 56.1 Å². The molecule has 0 unspecified atom stereocenters. The minimum absolute atomic E-state index is 0.165. The lowest BCUT2D eigenvalue weighted by molar-refractivity contribution is 0.414. The fourth-order valence-electron chi connectivity index (χ4n) is 1.95. The molecule has 1 heterocycles. The number of ether oxygens (including phenoxy) is 1. The maximum atomic E-state index is 12.1. The van der Waals surface area contributed by atoms with Crippen LogP contribution in [-0.4, -0.2) is 16.1 Å². The smallest absolute Gasteiger partial charge is 0.332 e. The van der Waals surface area contributed by atoms with Crippen molar-refractivity contribution in [3.05, 3.63) is 63.2 Å². The molecule has 5 nitrogen and oxygen atoms in total. The lowest BCUT2D eigenvalue weighted by atomic mass is 10.3. The number of halogens is 1. The monoisotopic (exact) mass is 333 g/mol. The summed E-state index contributed by atoms with van der Waals surface area (Å²) in [6.45, 7) is 0. The number of anilines is 2. The molecule has 1 aromatic heterocycles. The summed E-state index contributed by atoms with van der Waals surface area (Å²) in [5.74, 6) is 1.19. The Morgan fingerprint density at radius 3 is 2.45 bits per heavy atom. The third-order valence-corrected chi connectivity index (χ3v) is 3.89. The van der Waals surface area contributed by atoms with Crippen LogP contribution in [-0.2, 0) is 0 Å². The maximum absolute atomic E-state index is 12.1. The zero-order valence-corrected chi connectivity index (χ0v) is 13.2. The summed E-state index contributed by atoms with van der Waals surface area (Å²) in [5, 5.41) is 3.77. The predicted octanol–water partition coefficient (Wildman–Crippen LogP) is 3.70. The van der Waals surface area contributed by atoms with Gasteiger partial charge in [-0.2, -0.15) is 4.37 Å². The van der Waals surface area contributed by atoms with Gasteiger partial charge >= 0.3 is 4.87 Å². The Balaban J connectivity index is 1.96. The fraction of sp³-hybridized carbons (Fsp3) is 0.0667. The largest absolute Gasteiger partial charge is 0.497 e. The Kier molecular flexibility index (Phi) is 4.13. The summed E-state index contributed by atoms with van der Waals surface area (Å²) in [6.07, 6.45) is 0. The highest BCUT2D eigenvalue weighted by atomic mass is 35.5. The molecule has 22 heavy (non-hydrogen) atoms. The third-order valence-electron chi connectivity index (χ3n) is 3.04. The van der Waals surface area contributed by atoms with Gasteiger partial charge in [0.05, 0.1) is 12.8 Å². The van der Waals surface area contributed by atoms with Crippen LogP contribution in [0.5, 0.6) is 5.75 Å². The molecular weight excluding hydrogens is 322 g/mol. The van der Waals surface area contributed by atoms with E-state index in [1.807, 2.05) is 24.3 Å². The number of aromatic nitrogens is 2. The van der Waals surface area contributed by atoms with Gasteiger partial charge in [0.15, 0.2) is 0 Å². The average molecular weight is 334 g/mol. The van der Waals surface area contributed by atoms with Crippen LogP contribution in [0.25, 0.3) is 5.69 Å². The zero-order chi connectivity index (χ0) is 15.5. The Bertz CT molecular complexity index is 825. The lowest BCUT2D eigenvalue weighted by Gasteiger charge is -2.09. The van der Waals surface area contributed by atoms with Gasteiger partial charge in [-0.15, -0.1) is 0 Å². The van der Waals surface area contributed by atoms with Crippen LogP contribution in [0.1, 0.15) is 0 Å². The van der Waals surface area contributed by atoms with Crippen molar-refractivity contribution in [2.75, 3.05) is 12.4 Å². The molecular formula is C15H12ClN3O2S. The molecule has 0 saturated heterocycles. The first-order valence-corrected chi connectivity index (χ1v) is 7.58. The summed E-state index contributed by atoms with van der Waals surface area (Å²) in [4.78, 5) is 11.9. The van der Waals surface area contributed by atoms with Crippen molar-refractivity contribution >= 4 is 34.8 Å². The van der Waals surface area contributed by atoms with Gasteiger partial charge in [0, 0.05) is 22.2 Å². The van der Waals surface area contributed by atoms with Gasteiger partial charge < -0.3 is 10.1 Å². The molecule has 0 atom stereocenters. The summed E-state index contributed by atoms with van der Waals surface area (Å²) in [7, 11) is 1.60. The van der Waals surface area contributed by atoms with Gasteiger partial charge in [0.25, 0.3) is 0 Å². The molecule has 0 aliphatic rings. The van der Waals surface area contributed by atoms with E-state index in [2.05, 4.69) is 9.69 Å². The minimum Gasteiger partial charge on any atom is -0.497 e. The van der Waals surface area contributed by atoms with Crippen molar-refractivity contribution in [3.63, 3.8) is 0 Å². The Morgan fingerprint density at radius 1 is 1.14 bits per heavy atom. The van der Waals surface area contributed by atoms with E-state index in [1.54, 1.807) is 31.4 Å². The molecule has 0 spiro atoms. The number of nitrogens with zero attached hydrogens (tertiary/aromatic N) is 2. The van der Waals surface area contributed by atoms with E-state index >= 15 is 0 Å². The van der Waals surface area contributed by atoms with Gasteiger partial charge in [-0.3, -0.25) is 4.79 Å². The number of hydrogen-bond acceptors (Lipinski definition) is 5. The molecule has 112 valence electrons. The molecule has 0 saturated carbocycles. The second-order valence-electron chi connectivity index (χ2n) is 4.44. The summed E-state index contributed by atoms with van der Waals surface area (Å²) < 4.78 is 10.8. The van der Waals surface area contributed by atoms with E-state index < -0.39 is 0 Å². The van der Waals surface area contributed by atoms with Crippen LogP contribution in [0.3, 0.4) is 0 Å². The van der Waals surface area contributed by atoms with E-state index in [0.29, 0.717) is 11.0 Å². The summed E-state index contributed by atoms with van der Waals surface area (Å²) in [5.41, 5.74) is 1.52. The molecule has 0 aliphatic heterocycles. The molecule has 0 bridgehead atoms. The minimum atomic E-state index is -0.165. The van der Waals surface area contributed by atoms with E-state index in [1.165, 1.54) is 4.57 Å². The standard InChI is InChI=1S/C15H12ClN3O2S/c1-21-13-8-6-12(7-9-13)19-14(18-22-15(19)20)17-11-4-2-10(16)3-5-11/h2-9H,1H3,(H,17,18). The van der Waals surface area contributed by atoms with Gasteiger partial charge in [-0.05, 0) is 48.5 Å². The summed E-state index contributed by atoms with van der Waals surface area (Å²) in [6, 6.07) is 14.4. The van der Waals surface area contributed by atoms with E-state index in [-0.39, 0.29) is 4.87 Å². The quantitative estimate of drug-likeness (QED) is 0.791. The first-order valence-electron chi connectivity index (χ1n) is 6.43. The predicted molar refractivity (Wildman–Crippen MR) is 89.0 cm³/mol. The molecule has 7 heteroatoms. The van der Waals surface area contributed by atoms with Gasteiger partial charge in [0.1, 0.15) is 5.75 Å². The normalized spacial score (nSPS) is 10.5. The van der Waals surface area contributed by atoms with Crippen LogP contribution in [0.4, 0.5) is 11.6 Å². The first kappa shape index (κ1) is 14.6. The molecule has 3 aromatic rings. The van der Waals surface area contributed by atoms with E-state index in [4.69, 9.17) is 16.3 Å². The van der Waals surface area contributed by atoms with Crippen LogP contribution in [0.2, 0.25) is 5.02 Å². The first-order chi connectivity index (χ1) is 10.7. The van der Waals surface area contributed by atoms with Crippen molar-refractivity contribution in [2.45, 2.75) is 0 Å². The van der Waals surface area contributed by atoms with Gasteiger partial charge in [-0.1, -0.05) is 11.6 Å². The number of benzene rings is 2. The molecule has 3 rings (SSSR count). The van der Waals surface area contributed by atoms with Gasteiger partial charge in [-0.25, -0.2) is 4.57 Å². The molecule has 1 N–H and O–H groups in total. The number of methoxy groups -OCH3 is 1. The maximum Gasteiger partial charge on any atom is 0.332 e. The van der Waals surface area contributed by atoms with Crippen LogP contribution >= 0.6 is 23.1 Å².